The van der Waals surface area contributed by atoms with Gasteiger partial charge >= 0.3 is 0 Å². The number of rotatable bonds is 6. The molecule has 2 aromatic rings. The van der Waals surface area contributed by atoms with Gasteiger partial charge in [-0.3, -0.25) is 4.98 Å². The van der Waals surface area contributed by atoms with Crippen LogP contribution in [0.5, 0.6) is 0 Å². The number of imidazole rings is 1. The second kappa shape index (κ2) is 7.51. The van der Waals surface area contributed by atoms with Gasteiger partial charge in [0.05, 0.1) is 12.7 Å². The third kappa shape index (κ3) is 4.15. The first-order chi connectivity index (χ1) is 10.8. The fourth-order valence-electron chi connectivity index (χ4n) is 2.89. The molecule has 5 nitrogen and oxygen atoms in total. The zero-order valence-corrected chi connectivity index (χ0v) is 13.2. The Kier molecular flexibility index (Phi) is 5.19. The van der Waals surface area contributed by atoms with Crippen LogP contribution in [-0.2, 0) is 24.8 Å². The summed E-state index contributed by atoms with van der Waals surface area (Å²) < 4.78 is 8.10. The molecule has 0 radical (unpaired) electrons. The van der Waals surface area contributed by atoms with Gasteiger partial charge in [-0.1, -0.05) is 6.07 Å². The topological polar surface area (TPSA) is 43.2 Å². The molecule has 0 atom stereocenters. The molecule has 0 unspecified atom stereocenters. The molecule has 2 aromatic heterocycles. The van der Waals surface area contributed by atoms with E-state index in [0.717, 1.165) is 50.3 Å². The minimum Gasteiger partial charge on any atom is -0.373 e. The van der Waals surface area contributed by atoms with Crippen molar-refractivity contribution in [3.8, 4) is 0 Å². The first-order valence-electron chi connectivity index (χ1n) is 8.00. The van der Waals surface area contributed by atoms with Gasteiger partial charge in [0.25, 0.3) is 0 Å². The van der Waals surface area contributed by atoms with Crippen molar-refractivity contribution in [3.05, 3.63) is 48.3 Å². The molecule has 22 heavy (non-hydrogen) atoms. The predicted molar refractivity (Wildman–Crippen MR) is 85.4 cm³/mol. The summed E-state index contributed by atoms with van der Waals surface area (Å²) in [6.45, 7) is 3.98. The zero-order chi connectivity index (χ0) is 15.2. The molecular weight excluding hydrogens is 276 g/mol. The van der Waals surface area contributed by atoms with E-state index >= 15 is 0 Å². The minimum absolute atomic E-state index is 0.379. The predicted octanol–water partition coefficient (Wildman–Crippen LogP) is 2.04. The first kappa shape index (κ1) is 15.2. The fourth-order valence-corrected chi connectivity index (χ4v) is 2.89. The minimum atomic E-state index is 0.379. The van der Waals surface area contributed by atoms with Gasteiger partial charge < -0.3 is 14.2 Å². The summed E-state index contributed by atoms with van der Waals surface area (Å²) in [6.07, 6.45) is 11.2. The molecular formula is C17H24N4O. The number of pyridine rings is 1. The van der Waals surface area contributed by atoms with Crippen LogP contribution in [0.1, 0.15) is 24.2 Å². The average molecular weight is 300 g/mol. The highest BCUT2D eigenvalue weighted by molar-refractivity contribution is 5.06. The average Bonchev–Trinajstić information content (AvgIpc) is 2.98. The molecule has 0 amide bonds. The zero-order valence-electron chi connectivity index (χ0n) is 13.2. The van der Waals surface area contributed by atoms with E-state index in [0.29, 0.717) is 12.7 Å². The number of aryl methyl sites for hydroxylation is 1. The van der Waals surface area contributed by atoms with E-state index in [-0.39, 0.29) is 0 Å². The SMILES string of the molecule is Cn1ccnc1CCN1CCC(OCc2cccnc2)CC1. The molecule has 118 valence electrons. The molecule has 0 aromatic carbocycles. The lowest BCUT2D eigenvalue weighted by molar-refractivity contribution is -0.00238. The van der Waals surface area contributed by atoms with Gasteiger partial charge in [0.15, 0.2) is 0 Å². The van der Waals surface area contributed by atoms with Crippen LogP contribution in [0.3, 0.4) is 0 Å². The Balaban J connectivity index is 1.36. The number of ether oxygens (including phenoxy) is 1. The Hall–Kier alpha value is -1.72. The van der Waals surface area contributed by atoms with Crippen molar-refractivity contribution in [2.45, 2.75) is 32.0 Å². The molecule has 1 saturated heterocycles. The Labute approximate surface area is 131 Å². The summed E-state index contributed by atoms with van der Waals surface area (Å²) in [6, 6.07) is 4.02. The highest BCUT2D eigenvalue weighted by atomic mass is 16.5. The molecule has 1 aliphatic rings. The molecule has 0 spiro atoms. The van der Waals surface area contributed by atoms with Gasteiger partial charge in [-0.05, 0) is 24.5 Å². The van der Waals surface area contributed by atoms with Crippen LogP contribution in [0.25, 0.3) is 0 Å². The van der Waals surface area contributed by atoms with E-state index in [4.69, 9.17) is 4.74 Å². The van der Waals surface area contributed by atoms with Crippen LogP contribution in [0, 0.1) is 0 Å². The van der Waals surface area contributed by atoms with Crippen LogP contribution in [0.15, 0.2) is 36.9 Å². The largest absolute Gasteiger partial charge is 0.373 e. The molecule has 0 saturated carbocycles. The van der Waals surface area contributed by atoms with Crippen molar-refractivity contribution < 1.29 is 4.74 Å². The summed E-state index contributed by atoms with van der Waals surface area (Å²) in [5.41, 5.74) is 1.15. The van der Waals surface area contributed by atoms with Gasteiger partial charge in [0, 0.05) is 57.9 Å². The summed E-state index contributed by atoms with van der Waals surface area (Å²) in [4.78, 5) is 11.0. The van der Waals surface area contributed by atoms with Crippen LogP contribution < -0.4 is 0 Å². The highest BCUT2D eigenvalue weighted by Crippen LogP contribution is 2.15. The Bertz CT molecular complexity index is 561. The van der Waals surface area contributed by atoms with Crippen molar-refractivity contribution in [1.82, 2.24) is 19.4 Å². The number of piperidine rings is 1. The smallest absolute Gasteiger partial charge is 0.109 e. The molecule has 1 aliphatic heterocycles. The van der Waals surface area contributed by atoms with Gasteiger partial charge in [0.2, 0.25) is 0 Å². The normalized spacial score (nSPS) is 17.0. The van der Waals surface area contributed by atoms with E-state index in [1.165, 1.54) is 0 Å². The number of nitrogens with zero attached hydrogens (tertiary/aromatic N) is 4. The second-order valence-corrected chi connectivity index (χ2v) is 5.92. The lowest BCUT2D eigenvalue weighted by atomic mass is 10.1. The van der Waals surface area contributed by atoms with Crippen molar-refractivity contribution in [2.75, 3.05) is 19.6 Å². The molecule has 3 rings (SSSR count). The van der Waals surface area contributed by atoms with Gasteiger partial charge in [-0.15, -0.1) is 0 Å². The van der Waals surface area contributed by atoms with Crippen LogP contribution >= 0.6 is 0 Å². The molecule has 1 fully saturated rings. The van der Waals surface area contributed by atoms with Gasteiger partial charge in [-0.25, -0.2) is 4.98 Å². The Morgan fingerprint density at radius 1 is 1.27 bits per heavy atom. The summed E-state index contributed by atoms with van der Waals surface area (Å²) in [7, 11) is 2.06. The number of likely N-dealkylation sites (tertiary alicyclic amines) is 1. The summed E-state index contributed by atoms with van der Waals surface area (Å²) in [5, 5.41) is 0. The van der Waals surface area contributed by atoms with Crippen molar-refractivity contribution >= 4 is 0 Å². The third-order valence-electron chi connectivity index (χ3n) is 4.32. The van der Waals surface area contributed by atoms with Gasteiger partial charge in [-0.2, -0.15) is 0 Å². The monoisotopic (exact) mass is 300 g/mol. The van der Waals surface area contributed by atoms with Crippen LogP contribution in [-0.4, -0.2) is 45.2 Å². The van der Waals surface area contributed by atoms with Gasteiger partial charge in [0.1, 0.15) is 5.82 Å². The highest BCUT2D eigenvalue weighted by Gasteiger charge is 2.19. The lowest BCUT2D eigenvalue weighted by Gasteiger charge is -2.31. The lowest BCUT2D eigenvalue weighted by Crippen LogP contribution is -2.38. The standard InChI is InChI=1S/C17H24N4O/c1-20-12-8-19-17(20)6-11-21-9-4-16(5-10-21)22-14-15-3-2-7-18-13-15/h2-3,7-8,12-13,16H,4-6,9-11,14H2,1H3. The third-order valence-corrected chi connectivity index (χ3v) is 4.32. The van der Waals surface area contributed by atoms with E-state index in [1.54, 1.807) is 6.20 Å². The Morgan fingerprint density at radius 2 is 2.14 bits per heavy atom. The fraction of sp³-hybridized carbons (Fsp3) is 0.529. The quantitative estimate of drug-likeness (QED) is 0.819. The number of hydrogen-bond acceptors (Lipinski definition) is 4. The molecule has 0 bridgehead atoms. The maximum atomic E-state index is 6.00. The summed E-state index contributed by atoms with van der Waals surface area (Å²) in [5.74, 6) is 1.16. The van der Waals surface area contributed by atoms with Crippen molar-refractivity contribution in [1.29, 1.82) is 0 Å². The van der Waals surface area contributed by atoms with Crippen molar-refractivity contribution in [2.24, 2.45) is 7.05 Å². The van der Waals surface area contributed by atoms with E-state index in [2.05, 4.69) is 32.5 Å². The van der Waals surface area contributed by atoms with Crippen LogP contribution in [0.2, 0.25) is 0 Å². The number of hydrogen-bond donors (Lipinski definition) is 0. The van der Waals surface area contributed by atoms with E-state index in [9.17, 15) is 0 Å². The molecule has 3 heterocycles. The number of aromatic nitrogens is 3. The Morgan fingerprint density at radius 3 is 2.82 bits per heavy atom. The van der Waals surface area contributed by atoms with Crippen LogP contribution in [0.4, 0.5) is 0 Å². The molecule has 0 aliphatic carbocycles. The molecule has 0 N–H and O–H groups in total. The van der Waals surface area contributed by atoms with E-state index in [1.807, 2.05) is 24.7 Å². The maximum Gasteiger partial charge on any atom is 0.109 e. The van der Waals surface area contributed by atoms with E-state index < -0.39 is 0 Å². The van der Waals surface area contributed by atoms with Crippen molar-refractivity contribution in [3.63, 3.8) is 0 Å². The maximum absolute atomic E-state index is 6.00. The summed E-state index contributed by atoms with van der Waals surface area (Å²) >= 11 is 0. The molecule has 5 heteroatoms. The second-order valence-electron chi connectivity index (χ2n) is 5.92. The first-order valence-corrected chi connectivity index (χ1v) is 8.00.